The van der Waals surface area contributed by atoms with Crippen LogP contribution in [0.2, 0.25) is 0 Å². The van der Waals surface area contributed by atoms with Crippen molar-refractivity contribution in [2.75, 3.05) is 0 Å². The first-order chi connectivity index (χ1) is 8.66. The summed E-state index contributed by atoms with van der Waals surface area (Å²) in [5, 5.41) is 11.6. The molecule has 1 aromatic carbocycles. The lowest BCUT2D eigenvalue weighted by Crippen LogP contribution is -2.33. The monoisotopic (exact) mass is 249 g/mol. The van der Waals surface area contributed by atoms with Crippen molar-refractivity contribution < 1.29 is 14.7 Å². The van der Waals surface area contributed by atoms with Gasteiger partial charge in [0.15, 0.2) is 6.29 Å². The third kappa shape index (κ3) is 1.95. The molecule has 98 valence electrons. The Kier molecular flexibility index (Phi) is 3.11. The Morgan fingerprint density at radius 3 is 2.78 bits per heavy atom. The van der Waals surface area contributed by atoms with Gasteiger partial charge in [-0.1, -0.05) is 30.3 Å². The average molecular weight is 249 g/mol. The van der Waals surface area contributed by atoms with E-state index in [-0.39, 0.29) is 24.3 Å². The van der Waals surface area contributed by atoms with Crippen LogP contribution in [0.1, 0.15) is 31.9 Å². The zero-order valence-electron chi connectivity index (χ0n) is 10.7. The second-order valence-electron chi connectivity index (χ2n) is 5.12. The lowest BCUT2D eigenvalue weighted by Gasteiger charge is -2.27. The van der Waals surface area contributed by atoms with Gasteiger partial charge in [-0.2, -0.15) is 5.06 Å². The highest BCUT2D eigenvalue weighted by Gasteiger charge is 2.50. The molecule has 3 rings (SSSR count). The number of aliphatic hydroxyl groups is 1. The molecule has 0 saturated carbocycles. The Hall–Kier alpha value is -0.940. The van der Waals surface area contributed by atoms with Crippen LogP contribution in [-0.4, -0.2) is 34.7 Å². The van der Waals surface area contributed by atoms with Crippen molar-refractivity contribution in [3.63, 3.8) is 0 Å². The smallest absolute Gasteiger partial charge is 0.156 e. The lowest BCUT2D eigenvalue weighted by molar-refractivity contribution is -0.202. The van der Waals surface area contributed by atoms with Crippen molar-refractivity contribution in [2.45, 2.75) is 50.8 Å². The van der Waals surface area contributed by atoms with E-state index in [0.29, 0.717) is 6.42 Å². The van der Waals surface area contributed by atoms with Crippen LogP contribution in [0.25, 0.3) is 0 Å². The van der Waals surface area contributed by atoms with Gasteiger partial charge in [0.2, 0.25) is 0 Å². The zero-order valence-corrected chi connectivity index (χ0v) is 10.7. The highest BCUT2D eigenvalue weighted by atomic mass is 16.7. The molecule has 0 bridgehead atoms. The highest BCUT2D eigenvalue weighted by Crippen LogP contribution is 2.39. The van der Waals surface area contributed by atoms with Gasteiger partial charge in [0.1, 0.15) is 12.2 Å². The Morgan fingerprint density at radius 1 is 1.33 bits per heavy atom. The maximum absolute atomic E-state index is 9.62. The second kappa shape index (κ2) is 4.63. The van der Waals surface area contributed by atoms with Crippen molar-refractivity contribution in [2.24, 2.45) is 0 Å². The summed E-state index contributed by atoms with van der Waals surface area (Å²) >= 11 is 0. The normalized spacial score (nSPS) is 37.7. The summed E-state index contributed by atoms with van der Waals surface area (Å²) in [5.41, 5.74) is 1.21. The fourth-order valence-electron chi connectivity index (χ4n) is 2.93. The standard InChI is InChI=1S/C14H19NO3/c1-9(11-6-4-3-5-7-11)15-12-8-13(16)17-14(12)10(2)18-15/h3-7,9-10,12-14,16H,8H2,1-2H3. The maximum atomic E-state index is 9.62. The average Bonchev–Trinajstić information content (AvgIpc) is 2.89. The van der Waals surface area contributed by atoms with Crippen LogP contribution >= 0.6 is 0 Å². The summed E-state index contributed by atoms with van der Waals surface area (Å²) in [6.07, 6.45) is -0.0621. The largest absolute Gasteiger partial charge is 0.368 e. The topological polar surface area (TPSA) is 41.9 Å². The van der Waals surface area contributed by atoms with E-state index in [9.17, 15) is 5.11 Å². The molecule has 0 aromatic heterocycles. The summed E-state index contributed by atoms with van der Waals surface area (Å²) < 4.78 is 5.50. The number of ether oxygens (including phenoxy) is 1. The van der Waals surface area contributed by atoms with Crippen LogP contribution in [0.15, 0.2) is 30.3 Å². The first-order valence-electron chi connectivity index (χ1n) is 6.50. The summed E-state index contributed by atoms with van der Waals surface area (Å²) in [7, 11) is 0. The molecule has 0 aliphatic carbocycles. The van der Waals surface area contributed by atoms with Crippen molar-refractivity contribution >= 4 is 0 Å². The van der Waals surface area contributed by atoms with E-state index in [4.69, 9.17) is 9.57 Å². The Labute approximate surface area is 107 Å². The van der Waals surface area contributed by atoms with E-state index in [1.807, 2.05) is 30.2 Å². The van der Waals surface area contributed by atoms with Gasteiger partial charge in [0.25, 0.3) is 0 Å². The summed E-state index contributed by atoms with van der Waals surface area (Å²) in [5.74, 6) is 0. The van der Waals surface area contributed by atoms with Crippen molar-refractivity contribution in [1.82, 2.24) is 5.06 Å². The Balaban J connectivity index is 1.81. The minimum absolute atomic E-state index is 0.00156. The minimum Gasteiger partial charge on any atom is -0.368 e. The molecule has 0 amide bonds. The van der Waals surface area contributed by atoms with Gasteiger partial charge >= 0.3 is 0 Å². The van der Waals surface area contributed by atoms with E-state index < -0.39 is 6.29 Å². The fraction of sp³-hybridized carbons (Fsp3) is 0.571. The van der Waals surface area contributed by atoms with E-state index in [1.54, 1.807) is 0 Å². The number of fused-ring (bicyclic) bond motifs is 1. The summed E-state index contributed by atoms with van der Waals surface area (Å²) in [6, 6.07) is 10.6. The maximum Gasteiger partial charge on any atom is 0.156 e. The van der Waals surface area contributed by atoms with Gasteiger partial charge in [-0.3, -0.25) is 4.84 Å². The van der Waals surface area contributed by atoms with Crippen molar-refractivity contribution in [3.8, 4) is 0 Å². The van der Waals surface area contributed by atoms with Crippen LogP contribution in [-0.2, 0) is 9.57 Å². The number of aliphatic hydroxyl groups excluding tert-OH is 1. The minimum atomic E-state index is -0.656. The van der Waals surface area contributed by atoms with E-state index in [1.165, 1.54) is 5.56 Å². The van der Waals surface area contributed by atoms with E-state index in [0.717, 1.165) is 0 Å². The number of hydrogen-bond donors (Lipinski definition) is 1. The quantitative estimate of drug-likeness (QED) is 0.868. The number of hydroxylamine groups is 2. The van der Waals surface area contributed by atoms with Crippen LogP contribution in [0.3, 0.4) is 0 Å². The Bertz CT molecular complexity index is 411. The van der Waals surface area contributed by atoms with Crippen LogP contribution < -0.4 is 0 Å². The van der Waals surface area contributed by atoms with E-state index in [2.05, 4.69) is 19.1 Å². The molecular formula is C14H19NO3. The number of hydrogen-bond acceptors (Lipinski definition) is 4. The molecule has 2 heterocycles. The number of nitrogens with zero attached hydrogens (tertiary/aromatic N) is 1. The molecule has 2 saturated heterocycles. The molecule has 4 nitrogen and oxygen atoms in total. The van der Waals surface area contributed by atoms with Crippen LogP contribution in [0.4, 0.5) is 0 Å². The molecular weight excluding hydrogens is 230 g/mol. The van der Waals surface area contributed by atoms with Gasteiger partial charge < -0.3 is 9.84 Å². The molecule has 2 fully saturated rings. The lowest BCUT2D eigenvalue weighted by atomic mass is 10.0. The predicted octanol–water partition coefficient (Wildman–Crippen LogP) is 1.86. The molecule has 0 spiro atoms. The van der Waals surface area contributed by atoms with Crippen LogP contribution in [0, 0.1) is 0 Å². The molecule has 2 aliphatic rings. The summed E-state index contributed by atoms with van der Waals surface area (Å²) in [6.45, 7) is 4.11. The first kappa shape index (κ1) is 12.1. The van der Waals surface area contributed by atoms with Crippen molar-refractivity contribution in [1.29, 1.82) is 0 Å². The van der Waals surface area contributed by atoms with Gasteiger partial charge in [0, 0.05) is 6.42 Å². The third-order valence-electron chi connectivity index (χ3n) is 3.88. The molecule has 18 heavy (non-hydrogen) atoms. The summed E-state index contributed by atoms with van der Waals surface area (Å²) in [4.78, 5) is 5.89. The second-order valence-corrected chi connectivity index (χ2v) is 5.12. The first-order valence-corrected chi connectivity index (χ1v) is 6.50. The number of benzene rings is 1. The molecule has 5 atom stereocenters. The SMILES string of the molecule is CC1ON(C(C)c2ccccc2)C2CC(O)OC12. The van der Waals surface area contributed by atoms with Crippen molar-refractivity contribution in [3.05, 3.63) is 35.9 Å². The highest BCUT2D eigenvalue weighted by molar-refractivity contribution is 5.18. The zero-order chi connectivity index (χ0) is 12.7. The molecule has 4 heteroatoms. The molecule has 1 aromatic rings. The molecule has 1 N–H and O–H groups in total. The molecule has 0 radical (unpaired) electrons. The molecule has 5 unspecified atom stereocenters. The van der Waals surface area contributed by atoms with Gasteiger partial charge in [-0.25, -0.2) is 0 Å². The van der Waals surface area contributed by atoms with Gasteiger partial charge in [0.05, 0.1) is 12.1 Å². The molecule has 2 aliphatic heterocycles. The van der Waals surface area contributed by atoms with E-state index >= 15 is 0 Å². The Morgan fingerprint density at radius 2 is 2.06 bits per heavy atom. The van der Waals surface area contributed by atoms with Gasteiger partial charge in [-0.05, 0) is 19.4 Å². The third-order valence-corrected chi connectivity index (χ3v) is 3.88. The number of rotatable bonds is 2. The predicted molar refractivity (Wildman–Crippen MR) is 66.5 cm³/mol. The van der Waals surface area contributed by atoms with Crippen LogP contribution in [0.5, 0.6) is 0 Å². The fourth-order valence-corrected chi connectivity index (χ4v) is 2.93. The van der Waals surface area contributed by atoms with Gasteiger partial charge in [-0.15, -0.1) is 0 Å².